The molecule has 0 unspecified atom stereocenters. The Kier molecular flexibility index (Phi) is 53.3. The van der Waals surface area contributed by atoms with Gasteiger partial charge in [0.15, 0.2) is 6.10 Å². The molecule has 0 aromatic heterocycles. The van der Waals surface area contributed by atoms with Crippen molar-refractivity contribution in [3.63, 3.8) is 0 Å². The van der Waals surface area contributed by atoms with E-state index in [2.05, 4.69) is 81.5 Å². The van der Waals surface area contributed by atoms with Crippen LogP contribution in [0.3, 0.4) is 0 Å². The Balaban J connectivity index is 4.42. The van der Waals surface area contributed by atoms with Crippen LogP contribution in [-0.4, -0.2) is 37.2 Å². The Bertz CT molecular complexity index is 1210. The molecular weight excluding hydrogens is 829 g/mol. The molecule has 0 aromatic rings. The van der Waals surface area contributed by atoms with Crippen molar-refractivity contribution in [3.05, 3.63) is 60.8 Å². The van der Waals surface area contributed by atoms with Gasteiger partial charge < -0.3 is 14.2 Å². The maximum atomic E-state index is 12.8. The van der Waals surface area contributed by atoms with Crippen LogP contribution in [0.4, 0.5) is 0 Å². The van der Waals surface area contributed by atoms with E-state index in [0.29, 0.717) is 19.3 Å². The third-order valence-electron chi connectivity index (χ3n) is 12.5. The second-order valence-corrected chi connectivity index (χ2v) is 19.2. The zero-order valence-electron chi connectivity index (χ0n) is 44.4. The zero-order chi connectivity index (χ0) is 48.6. The van der Waals surface area contributed by atoms with Crippen molar-refractivity contribution in [2.75, 3.05) is 13.2 Å². The summed E-state index contributed by atoms with van der Waals surface area (Å²) in [7, 11) is 0. The number of allylic oxidation sites excluding steroid dienone is 10. The summed E-state index contributed by atoms with van der Waals surface area (Å²) in [6, 6.07) is 0. The lowest BCUT2D eigenvalue weighted by molar-refractivity contribution is -0.167. The average Bonchev–Trinajstić information content (AvgIpc) is 3.33. The van der Waals surface area contributed by atoms with E-state index in [1.54, 1.807) is 0 Å². The van der Waals surface area contributed by atoms with Gasteiger partial charge in [-0.15, -0.1) is 0 Å². The number of carbonyl (C=O) groups is 3. The molecule has 0 rings (SSSR count). The second-order valence-electron chi connectivity index (χ2n) is 19.2. The van der Waals surface area contributed by atoms with E-state index in [1.807, 2.05) is 0 Å². The van der Waals surface area contributed by atoms with Gasteiger partial charge in [-0.2, -0.15) is 0 Å². The predicted octanol–water partition coefficient (Wildman–Crippen LogP) is 19.2. The number of hydrogen-bond donors (Lipinski definition) is 0. The molecule has 0 aliphatic carbocycles. The minimum atomic E-state index is -0.801. The summed E-state index contributed by atoms with van der Waals surface area (Å²) >= 11 is 0. The molecule has 0 spiro atoms. The SMILES string of the molecule is CCCCC/C=C/C/C=C/C/C=C/C/C=C/CCCC(=O)O[C@@H](COC(=O)CCCCCCCCCCC/C=C/CCCCCCCC)COC(=O)CCCCCCCCCCCCCCC. The van der Waals surface area contributed by atoms with Crippen molar-refractivity contribution in [2.45, 2.75) is 297 Å². The minimum Gasteiger partial charge on any atom is -0.462 e. The lowest BCUT2D eigenvalue weighted by atomic mass is 10.0. The smallest absolute Gasteiger partial charge is 0.306 e. The van der Waals surface area contributed by atoms with Crippen LogP contribution in [-0.2, 0) is 28.6 Å². The lowest BCUT2D eigenvalue weighted by Gasteiger charge is -2.18. The molecule has 0 N–H and O–H groups in total. The molecule has 0 saturated carbocycles. The summed E-state index contributed by atoms with van der Waals surface area (Å²) in [4.78, 5) is 38.1. The van der Waals surface area contributed by atoms with Crippen LogP contribution in [0.25, 0.3) is 0 Å². The van der Waals surface area contributed by atoms with Gasteiger partial charge in [0.05, 0.1) is 0 Å². The topological polar surface area (TPSA) is 78.9 Å². The Morgan fingerprint density at radius 1 is 0.299 bits per heavy atom. The number of esters is 3. The van der Waals surface area contributed by atoms with Gasteiger partial charge >= 0.3 is 17.9 Å². The number of carbonyl (C=O) groups excluding carboxylic acids is 3. The molecule has 0 aromatic carbocycles. The largest absolute Gasteiger partial charge is 0.462 e. The van der Waals surface area contributed by atoms with Gasteiger partial charge in [0.1, 0.15) is 13.2 Å². The molecule has 0 aliphatic rings. The summed E-state index contributed by atoms with van der Waals surface area (Å²) in [5, 5.41) is 0. The molecule has 0 radical (unpaired) electrons. The van der Waals surface area contributed by atoms with E-state index in [-0.39, 0.29) is 37.5 Å². The first kappa shape index (κ1) is 64.1. The number of unbranched alkanes of at least 4 members (excludes halogenated alkanes) is 31. The summed E-state index contributed by atoms with van der Waals surface area (Å²) in [5.41, 5.74) is 0. The quantitative estimate of drug-likeness (QED) is 0.0262. The zero-order valence-corrected chi connectivity index (χ0v) is 44.4. The Labute approximate surface area is 415 Å². The number of rotatable bonds is 52. The normalized spacial score (nSPS) is 12.5. The molecule has 0 aliphatic heterocycles. The van der Waals surface area contributed by atoms with Crippen molar-refractivity contribution in [2.24, 2.45) is 0 Å². The van der Waals surface area contributed by atoms with Crippen molar-refractivity contribution >= 4 is 17.9 Å². The maximum Gasteiger partial charge on any atom is 0.306 e. The third kappa shape index (κ3) is 53.9. The van der Waals surface area contributed by atoms with Crippen molar-refractivity contribution < 1.29 is 28.6 Å². The molecule has 6 nitrogen and oxygen atoms in total. The standard InChI is InChI=1S/C61H108O6/c1-4-7-10-13-16-19-22-25-27-29-30-32-33-36-39-42-45-48-51-54-60(63)66-57-58(56-65-59(62)53-50-47-44-41-38-35-24-21-18-15-12-9-6-3)67-61(64)55-52-49-46-43-40-37-34-31-28-26-23-20-17-14-11-8-5-2/h17,20,25-28,34,37,43,46,58H,4-16,18-19,21-24,29-33,35-36,38-42,44-45,47-57H2,1-3H3/b20-17+,27-25+,28-26+,37-34+,46-43+/t58-/m1/s1. The molecule has 1 atom stereocenters. The Morgan fingerprint density at radius 2 is 0.552 bits per heavy atom. The van der Waals surface area contributed by atoms with E-state index < -0.39 is 6.10 Å². The fourth-order valence-corrected chi connectivity index (χ4v) is 8.14. The van der Waals surface area contributed by atoms with Crippen molar-refractivity contribution in [1.82, 2.24) is 0 Å². The van der Waals surface area contributed by atoms with Crippen LogP contribution < -0.4 is 0 Å². The van der Waals surface area contributed by atoms with E-state index in [4.69, 9.17) is 14.2 Å². The van der Waals surface area contributed by atoms with Crippen LogP contribution in [0, 0.1) is 0 Å². The first-order valence-electron chi connectivity index (χ1n) is 28.8. The summed E-state index contributed by atoms with van der Waals surface area (Å²) in [6.07, 6.45) is 69.3. The van der Waals surface area contributed by atoms with E-state index >= 15 is 0 Å². The summed E-state index contributed by atoms with van der Waals surface area (Å²) in [5.74, 6) is -0.941. The van der Waals surface area contributed by atoms with Crippen LogP contribution in [0.15, 0.2) is 60.8 Å². The monoisotopic (exact) mass is 937 g/mol. The van der Waals surface area contributed by atoms with Crippen LogP contribution >= 0.6 is 0 Å². The lowest BCUT2D eigenvalue weighted by Crippen LogP contribution is -2.30. The van der Waals surface area contributed by atoms with Crippen molar-refractivity contribution in [1.29, 1.82) is 0 Å². The summed E-state index contributed by atoms with van der Waals surface area (Å²) in [6.45, 7) is 6.58. The molecule has 388 valence electrons. The van der Waals surface area contributed by atoms with Gasteiger partial charge in [-0.3, -0.25) is 14.4 Å². The molecular formula is C61H108O6. The molecule has 0 heterocycles. The molecule has 0 saturated heterocycles. The molecule has 0 bridgehead atoms. The van der Waals surface area contributed by atoms with Gasteiger partial charge in [0, 0.05) is 19.3 Å². The molecule has 67 heavy (non-hydrogen) atoms. The first-order chi connectivity index (χ1) is 33.0. The third-order valence-corrected chi connectivity index (χ3v) is 12.5. The van der Waals surface area contributed by atoms with Crippen LogP contribution in [0.5, 0.6) is 0 Å². The Morgan fingerprint density at radius 3 is 0.925 bits per heavy atom. The Hall–Kier alpha value is -2.89. The van der Waals surface area contributed by atoms with Gasteiger partial charge in [-0.05, 0) is 83.5 Å². The molecule has 6 heteroatoms. The van der Waals surface area contributed by atoms with E-state index in [9.17, 15) is 14.4 Å². The molecule has 0 fully saturated rings. The highest BCUT2D eigenvalue weighted by Gasteiger charge is 2.19. The second kappa shape index (κ2) is 55.7. The first-order valence-corrected chi connectivity index (χ1v) is 28.8. The average molecular weight is 938 g/mol. The van der Waals surface area contributed by atoms with Gasteiger partial charge in [-0.1, -0.05) is 248 Å². The van der Waals surface area contributed by atoms with Crippen LogP contribution in [0.2, 0.25) is 0 Å². The van der Waals surface area contributed by atoms with Crippen LogP contribution in [0.1, 0.15) is 290 Å². The van der Waals surface area contributed by atoms with Crippen molar-refractivity contribution in [3.8, 4) is 0 Å². The van der Waals surface area contributed by atoms with Gasteiger partial charge in [-0.25, -0.2) is 0 Å². The fraction of sp³-hybridized carbons (Fsp3) is 0.787. The maximum absolute atomic E-state index is 12.8. The van der Waals surface area contributed by atoms with Gasteiger partial charge in [0.2, 0.25) is 0 Å². The number of ether oxygens (including phenoxy) is 3. The highest BCUT2D eigenvalue weighted by molar-refractivity contribution is 5.71. The number of hydrogen-bond acceptors (Lipinski definition) is 6. The highest BCUT2D eigenvalue weighted by Crippen LogP contribution is 2.16. The fourth-order valence-electron chi connectivity index (χ4n) is 8.14. The van der Waals surface area contributed by atoms with E-state index in [1.165, 1.54) is 180 Å². The summed E-state index contributed by atoms with van der Waals surface area (Å²) < 4.78 is 16.8. The van der Waals surface area contributed by atoms with E-state index in [0.717, 1.165) is 64.2 Å². The van der Waals surface area contributed by atoms with Gasteiger partial charge in [0.25, 0.3) is 0 Å². The highest BCUT2D eigenvalue weighted by atomic mass is 16.6. The minimum absolute atomic E-state index is 0.0938. The predicted molar refractivity (Wildman–Crippen MR) is 288 cm³/mol. The molecule has 0 amide bonds.